The van der Waals surface area contributed by atoms with Gasteiger partial charge in [0.05, 0.1) is 6.61 Å². The van der Waals surface area contributed by atoms with Crippen molar-refractivity contribution in [1.29, 1.82) is 0 Å². The Morgan fingerprint density at radius 3 is 2.50 bits per heavy atom. The fourth-order valence-electron chi connectivity index (χ4n) is 1.24. The number of hydrogen-bond donors (Lipinski definition) is 0. The van der Waals surface area contributed by atoms with Crippen molar-refractivity contribution in [2.75, 3.05) is 6.61 Å². The van der Waals surface area contributed by atoms with E-state index in [0.29, 0.717) is 0 Å². The zero-order valence-corrected chi connectivity index (χ0v) is 10.00. The zero-order chi connectivity index (χ0) is 13.4. The molecule has 0 aliphatic rings. The van der Waals surface area contributed by atoms with Gasteiger partial charge in [0.1, 0.15) is 6.10 Å². The molecule has 1 atom stereocenters. The summed E-state index contributed by atoms with van der Waals surface area (Å²) in [6.07, 6.45) is -1.45. The van der Waals surface area contributed by atoms with Gasteiger partial charge in [0.25, 0.3) is 0 Å². The van der Waals surface area contributed by atoms with E-state index in [1.165, 1.54) is 6.08 Å². The average molecular weight is 250 g/mol. The van der Waals surface area contributed by atoms with Gasteiger partial charge in [0, 0.05) is 0 Å². The Bertz CT molecular complexity index is 413. The zero-order valence-electron chi connectivity index (χ0n) is 10.00. The molecule has 0 aromatic heterocycles. The molecule has 0 heterocycles. The van der Waals surface area contributed by atoms with Crippen LogP contribution in [0.2, 0.25) is 0 Å². The van der Waals surface area contributed by atoms with Crippen molar-refractivity contribution in [3.05, 3.63) is 48.6 Å². The van der Waals surface area contributed by atoms with Gasteiger partial charge in [-0.25, -0.2) is 9.59 Å². The lowest BCUT2D eigenvalue weighted by Gasteiger charge is -2.13. The summed E-state index contributed by atoms with van der Waals surface area (Å²) in [5.41, 5.74) is 0.730. The second-order valence-electron chi connectivity index (χ2n) is 3.22. The number of rotatable bonds is 4. The molecule has 0 spiro atoms. The largest absolute Gasteiger partial charge is 0.519 e. The molecule has 0 aliphatic heterocycles. The Kier molecular flexibility index (Phi) is 5.44. The van der Waals surface area contributed by atoms with Gasteiger partial charge >= 0.3 is 12.3 Å². The predicted octanol–water partition coefficient (Wildman–Crippen LogP) is 3.22. The van der Waals surface area contributed by atoms with E-state index in [4.69, 9.17) is 4.74 Å². The monoisotopic (exact) mass is 250 g/mol. The van der Waals surface area contributed by atoms with Gasteiger partial charge in [0.15, 0.2) is 0 Å². The first-order valence-electron chi connectivity index (χ1n) is 5.40. The van der Waals surface area contributed by atoms with Gasteiger partial charge in [-0.2, -0.15) is 0 Å². The first-order valence-corrected chi connectivity index (χ1v) is 5.40. The van der Waals surface area contributed by atoms with Crippen molar-refractivity contribution in [3.63, 3.8) is 0 Å². The average Bonchev–Trinajstić information content (AvgIpc) is 2.37. The van der Waals surface area contributed by atoms with Crippen LogP contribution in [-0.2, 0) is 14.2 Å². The van der Waals surface area contributed by atoms with E-state index in [2.05, 4.69) is 16.1 Å². The van der Waals surface area contributed by atoms with Crippen LogP contribution in [0.15, 0.2) is 43.0 Å². The minimum Gasteiger partial charge on any atom is -0.434 e. The predicted molar refractivity (Wildman–Crippen MR) is 64.0 cm³/mol. The van der Waals surface area contributed by atoms with Gasteiger partial charge in [-0.15, -0.1) is 0 Å². The van der Waals surface area contributed by atoms with Crippen molar-refractivity contribution in [2.24, 2.45) is 0 Å². The van der Waals surface area contributed by atoms with Crippen molar-refractivity contribution < 1.29 is 23.8 Å². The van der Waals surface area contributed by atoms with Crippen LogP contribution < -0.4 is 0 Å². The quantitative estimate of drug-likeness (QED) is 0.466. The molecule has 1 aromatic rings. The summed E-state index contributed by atoms with van der Waals surface area (Å²) < 4.78 is 13.6. The minimum absolute atomic E-state index is 0.121. The molecule has 0 fully saturated rings. The van der Waals surface area contributed by atoms with Crippen LogP contribution in [-0.4, -0.2) is 18.9 Å². The molecule has 96 valence electrons. The van der Waals surface area contributed by atoms with E-state index >= 15 is 0 Å². The van der Waals surface area contributed by atoms with E-state index in [1.54, 1.807) is 31.2 Å². The van der Waals surface area contributed by atoms with E-state index in [9.17, 15) is 9.59 Å². The molecule has 0 bridgehead atoms. The van der Waals surface area contributed by atoms with Crippen LogP contribution >= 0.6 is 0 Å². The SMILES string of the molecule is C=CC(OC(=O)OC(=O)OCC)c1ccccc1. The van der Waals surface area contributed by atoms with E-state index in [-0.39, 0.29) is 6.61 Å². The summed E-state index contributed by atoms with van der Waals surface area (Å²) in [6.45, 7) is 5.28. The maximum absolute atomic E-state index is 11.3. The molecule has 0 saturated carbocycles. The molecule has 0 N–H and O–H groups in total. The molecule has 1 aromatic carbocycles. The standard InChI is InChI=1S/C13H14O5/c1-3-11(10-8-6-5-7-9-10)17-13(15)18-12(14)16-4-2/h3,5-9,11H,1,4H2,2H3. The van der Waals surface area contributed by atoms with Crippen molar-refractivity contribution in [2.45, 2.75) is 13.0 Å². The molecule has 0 aliphatic carbocycles. The maximum Gasteiger partial charge on any atom is 0.519 e. The van der Waals surface area contributed by atoms with E-state index in [1.807, 2.05) is 6.07 Å². The fourth-order valence-corrected chi connectivity index (χ4v) is 1.24. The van der Waals surface area contributed by atoms with Gasteiger partial charge in [0.2, 0.25) is 0 Å². The van der Waals surface area contributed by atoms with Crippen LogP contribution in [0.1, 0.15) is 18.6 Å². The Morgan fingerprint density at radius 2 is 1.94 bits per heavy atom. The lowest BCUT2D eigenvalue weighted by atomic mass is 10.1. The highest BCUT2D eigenvalue weighted by molar-refractivity contribution is 5.77. The van der Waals surface area contributed by atoms with Crippen LogP contribution in [0, 0.1) is 0 Å². The maximum atomic E-state index is 11.3. The van der Waals surface area contributed by atoms with Crippen molar-refractivity contribution in [3.8, 4) is 0 Å². The third-order valence-corrected chi connectivity index (χ3v) is 1.99. The van der Waals surface area contributed by atoms with Crippen LogP contribution in [0.3, 0.4) is 0 Å². The molecule has 0 saturated heterocycles. The molecule has 0 radical (unpaired) electrons. The van der Waals surface area contributed by atoms with Crippen molar-refractivity contribution in [1.82, 2.24) is 0 Å². The Labute approximate surface area is 105 Å². The molecule has 1 unspecified atom stereocenters. The summed E-state index contributed by atoms with van der Waals surface area (Å²) >= 11 is 0. The number of benzene rings is 1. The molecule has 5 heteroatoms. The van der Waals surface area contributed by atoms with Crippen molar-refractivity contribution >= 4 is 12.3 Å². The molecule has 5 nitrogen and oxygen atoms in total. The second kappa shape index (κ2) is 7.11. The summed E-state index contributed by atoms with van der Waals surface area (Å²) in [5, 5.41) is 0. The van der Waals surface area contributed by atoms with Crippen LogP contribution in [0.4, 0.5) is 9.59 Å². The number of hydrogen-bond acceptors (Lipinski definition) is 5. The highest BCUT2D eigenvalue weighted by Gasteiger charge is 2.18. The van der Waals surface area contributed by atoms with E-state index < -0.39 is 18.4 Å². The Morgan fingerprint density at radius 1 is 1.28 bits per heavy atom. The first kappa shape index (κ1) is 13.8. The smallest absolute Gasteiger partial charge is 0.434 e. The molecule has 18 heavy (non-hydrogen) atoms. The lowest BCUT2D eigenvalue weighted by Crippen LogP contribution is -2.17. The topological polar surface area (TPSA) is 61.8 Å². The summed E-state index contributed by atoms with van der Waals surface area (Å²) in [5.74, 6) is 0. The third-order valence-electron chi connectivity index (χ3n) is 1.99. The lowest BCUT2D eigenvalue weighted by molar-refractivity contribution is 0.0270. The molecular formula is C13H14O5. The first-order chi connectivity index (χ1) is 8.67. The molecular weight excluding hydrogens is 236 g/mol. The third kappa shape index (κ3) is 4.29. The summed E-state index contributed by atoms with van der Waals surface area (Å²) in [4.78, 5) is 22.2. The second-order valence-corrected chi connectivity index (χ2v) is 3.22. The number of carbonyl (C=O) groups is 2. The summed E-state index contributed by atoms with van der Waals surface area (Å²) in [7, 11) is 0. The minimum atomic E-state index is -1.12. The van der Waals surface area contributed by atoms with Gasteiger partial charge in [-0.1, -0.05) is 36.9 Å². The fraction of sp³-hybridized carbons (Fsp3) is 0.231. The van der Waals surface area contributed by atoms with Gasteiger partial charge < -0.3 is 14.2 Å². The van der Waals surface area contributed by atoms with E-state index in [0.717, 1.165) is 5.56 Å². The Balaban J connectivity index is 2.56. The highest BCUT2D eigenvalue weighted by atomic mass is 16.8. The Hall–Kier alpha value is -2.30. The molecule has 0 amide bonds. The molecule has 1 rings (SSSR count). The van der Waals surface area contributed by atoms with Gasteiger partial charge in [-0.3, -0.25) is 0 Å². The summed E-state index contributed by atoms with van der Waals surface area (Å²) in [6, 6.07) is 8.96. The van der Waals surface area contributed by atoms with Crippen LogP contribution in [0.5, 0.6) is 0 Å². The van der Waals surface area contributed by atoms with Crippen LogP contribution in [0.25, 0.3) is 0 Å². The van der Waals surface area contributed by atoms with Gasteiger partial charge in [-0.05, 0) is 18.6 Å². The normalized spacial score (nSPS) is 11.2. The number of ether oxygens (including phenoxy) is 3. The number of carbonyl (C=O) groups excluding carboxylic acids is 2. The highest BCUT2D eigenvalue weighted by Crippen LogP contribution is 2.18.